The van der Waals surface area contributed by atoms with Crippen LogP contribution in [0.3, 0.4) is 0 Å². The third kappa shape index (κ3) is 4.51. The molecule has 1 aromatic rings. The maximum atomic E-state index is 13.4. The SMILES string of the molecule is C=CCC(N)C(=O)Nc1ccc(F)c(NC(C)=O)c1. The molecule has 0 heterocycles. The zero-order valence-corrected chi connectivity index (χ0v) is 10.6. The van der Waals surface area contributed by atoms with Crippen LogP contribution in [0.1, 0.15) is 13.3 Å². The smallest absolute Gasteiger partial charge is 0.241 e. The molecule has 19 heavy (non-hydrogen) atoms. The van der Waals surface area contributed by atoms with Gasteiger partial charge in [-0.1, -0.05) is 6.08 Å². The fourth-order valence-corrected chi connectivity index (χ4v) is 1.41. The van der Waals surface area contributed by atoms with Crippen molar-refractivity contribution < 1.29 is 14.0 Å². The molecule has 0 saturated carbocycles. The van der Waals surface area contributed by atoms with Crippen LogP contribution in [-0.2, 0) is 9.59 Å². The van der Waals surface area contributed by atoms with Crippen LogP contribution < -0.4 is 16.4 Å². The number of carbonyl (C=O) groups is 2. The summed E-state index contributed by atoms with van der Waals surface area (Å²) in [6, 6.07) is 3.15. The Balaban J connectivity index is 2.82. The van der Waals surface area contributed by atoms with Crippen molar-refractivity contribution in [2.24, 2.45) is 5.73 Å². The van der Waals surface area contributed by atoms with Crippen molar-refractivity contribution in [1.29, 1.82) is 0 Å². The van der Waals surface area contributed by atoms with Gasteiger partial charge in [-0.3, -0.25) is 9.59 Å². The Bertz CT molecular complexity index is 503. The molecule has 1 unspecified atom stereocenters. The Morgan fingerprint density at radius 2 is 2.16 bits per heavy atom. The van der Waals surface area contributed by atoms with Crippen molar-refractivity contribution >= 4 is 23.2 Å². The molecule has 0 aromatic heterocycles. The minimum absolute atomic E-state index is 0.00240. The molecule has 0 aliphatic rings. The number of amides is 2. The number of benzene rings is 1. The lowest BCUT2D eigenvalue weighted by molar-refractivity contribution is -0.117. The van der Waals surface area contributed by atoms with Gasteiger partial charge in [0.15, 0.2) is 0 Å². The summed E-state index contributed by atoms with van der Waals surface area (Å²) in [7, 11) is 0. The van der Waals surface area contributed by atoms with Gasteiger partial charge in [0.05, 0.1) is 11.7 Å². The molecule has 0 fully saturated rings. The largest absolute Gasteiger partial charge is 0.325 e. The average molecular weight is 265 g/mol. The zero-order chi connectivity index (χ0) is 14.4. The quantitative estimate of drug-likeness (QED) is 0.707. The van der Waals surface area contributed by atoms with Gasteiger partial charge >= 0.3 is 0 Å². The topological polar surface area (TPSA) is 84.2 Å². The van der Waals surface area contributed by atoms with E-state index in [0.717, 1.165) is 6.07 Å². The highest BCUT2D eigenvalue weighted by Gasteiger charge is 2.13. The highest BCUT2D eigenvalue weighted by Crippen LogP contribution is 2.19. The van der Waals surface area contributed by atoms with Crippen LogP contribution >= 0.6 is 0 Å². The van der Waals surface area contributed by atoms with Gasteiger partial charge in [-0.25, -0.2) is 4.39 Å². The number of rotatable bonds is 5. The van der Waals surface area contributed by atoms with Gasteiger partial charge < -0.3 is 16.4 Å². The summed E-state index contributed by atoms with van der Waals surface area (Å²) in [5, 5.41) is 4.87. The minimum atomic E-state index is -0.716. The molecule has 1 aromatic carbocycles. The summed E-state index contributed by atoms with van der Waals surface area (Å²) in [6.07, 6.45) is 1.88. The molecule has 102 valence electrons. The zero-order valence-electron chi connectivity index (χ0n) is 10.6. The van der Waals surface area contributed by atoms with Gasteiger partial charge in [-0.2, -0.15) is 0 Å². The number of hydrogen-bond donors (Lipinski definition) is 3. The predicted molar refractivity (Wildman–Crippen MR) is 72.1 cm³/mol. The summed E-state index contributed by atoms with van der Waals surface area (Å²) < 4.78 is 13.4. The van der Waals surface area contributed by atoms with Crippen LogP contribution in [0.4, 0.5) is 15.8 Å². The van der Waals surface area contributed by atoms with Gasteiger partial charge in [0, 0.05) is 12.6 Å². The van der Waals surface area contributed by atoms with E-state index in [2.05, 4.69) is 17.2 Å². The van der Waals surface area contributed by atoms with Crippen LogP contribution in [0, 0.1) is 5.82 Å². The summed E-state index contributed by atoms with van der Waals surface area (Å²) in [4.78, 5) is 22.6. The second-order valence-corrected chi connectivity index (χ2v) is 4.00. The molecular formula is C13H16FN3O2. The van der Waals surface area contributed by atoms with Crippen molar-refractivity contribution in [1.82, 2.24) is 0 Å². The molecule has 1 atom stereocenters. The molecule has 0 radical (unpaired) electrons. The first-order chi connectivity index (χ1) is 8.93. The second-order valence-electron chi connectivity index (χ2n) is 4.00. The third-order valence-corrected chi connectivity index (χ3v) is 2.30. The van der Waals surface area contributed by atoms with E-state index in [1.165, 1.54) is 25.1 Å². The fourth-order valence-electron chi connectivity index (χ4n) is 1.41. The molecule has 1 rings (SSSR count). The van der Waals surface area contributed by atoms with Gasteiger partial charge in [0.2, 0.25) is 11.8 Å². The number of nitrogens with two attached hydrogens (primary N) is 1. The average Bonchev–Trinajstić information content (AvgIpc) is 2.33. The predicted octanol–water partition coefficient (Wildman–Crippen LogP) is 1.63. The van der Waals surface area contributed by atoms with Crippen molar-refractivity contribution in [3.05, 3.63) is 36.7 Å². The maximum absolute atomic E-state index is 13.4. The standard InChI is InChI=1S/C13H16FN3O2/c1-3-4-11(15)13(19)17-9-5-6-10(14)12(7-9)16-8(2)18/h3,5-7,11H,1,4,15H2,2H3,(H,16,18)(H,17,19). The molecule has 4 N–H and O–H groups in total. The molecule has 0 bridgehead atoms. The van der Waals surface area contributed by atoms with Crippen LogP contribution in [-0.4, -0.2) is 17.9 Å². The van der Waals surface area contributed by atoms with E-state index in [0.29, 0.717) is 12.1 Å². The lowest BCUT2D eigenvalue weighted by atomic mass is 10.2. The van der Waals surface area contributed by atoms with E-state index in [1.54, 1.807) is 0 Å². The number of anilines is 2. The van der Waals surface area contributed by atoms with Crippen LogP contribution in [0.25, 0.3) is 0 Å². The van der Waals surface area contributed by atoms with Crippen molar-refractivity contribution in [2.75, 3.05) is 10.6 Å². The van der Waals surface area contributed by atoms with Crippen molar-refractivity contribution in [3.8, 4) is 0 Å². The van der Waals surface area contributed by atoms with E-state index in [1.807, 2.05) is 0 Å². The van der Waals surface area contributed by atoms with E-state index in [4.69, 9.17) is 5.73 Å². The van der Waals surface area contributed by atoms with E-state index in [-0.39, 0.29) is 5.69 Å². The summed E-state index contributed by atoms with van der Waals surface area (Å²) in [5.74, 6) is -1.38. The molecule has 5 nitrogen and oxygen atoms in total. The Hall–Kier alpha value is -2.21. The highest BCUT2D eigenvalue weighted by atomic mass is 19.1. The third-order valence-electron chi connectivity index (χ3n) is 2.30. The summed E-state index contributed by atoms with van der Waals surface area (Å²) >= 11 is 0. The van der Waals surface area contributed by atoms with E-state index >= 15 is 0 Å². The maximum Gasteiger partial charge on any atom is 0.241 e. The summed E-state index contributed by atoms with van der Waals surface area (Å²) in [5.41, 5.74) is 5.96. The Morgan fingerprint density at radius 3 is 2.74 bits per heavy atom. The minimum Gasteiger partial charge on any atom is -0.325 e. The first-order valence-corrected chi connectivity index (χ1v) is 5.68. The number of hydrogen-bond acceptors (Lipinski definition) is 3. The first kappa shape index (κ1) is 14.8. The van der Waals surface area contributed by atoms with Gasteiger partial charge in [0.25, 0.3) is 0 Å². The van der Waals surface area contributed by atoms with Crippen molar-refractivity contribution in [2.45, 2.75) is 19.4 Å². The molecule has 6 heteroatoms. The summed E-state index contributed by atoms with van der Waals surface area (Å²) in [6.45, 7) is 4.76. The molecule has 0 saturated heterocycles. The van der Waals surface area contributed by atoms with E-state index in [9.17, 15) is 14.0 Å². The Labute approximate surface area is 110 Å². The molecule has 0 aliphatic carbocycles. The molecule has 0 spiro atoms. The normalized spacial score (nSPS) is 11.5. The highest BCUT2D eigenvalue weighted by molar-refractivity contribution is 5.96. The van der Waals surface area contributed by atoms with Crippen LogP contribution in [0.15, 0.2) is 30.9 Å². The lowest BCUT2D eigenvalue weighted by Gasteiger charge is -2.12. The van der Waals surface area contributed by atoms with Crippen LogP contribution in [0.2, 0.25) is 0 Å². The monoisotopic (exact) mass is 265 g/mol. The van der Waals surface area contributed by atoms with Crippen LogP contribution in [0.5, 0.6) is 0 Å². The molecular weight excluding hydrogens is 249 g/mol. The Morgan fingerprint density at radius 1 is 1.47 bits per heavy atom. The molecule has 2 amide bonds. The number of halogens is 1. The van der Waals surface area contributed by atoms with Crippen molar-refractivity contribution in [3.63, 3.8) is 0 Å². The van der Waals surface area contributed by atoms with Gasteiger partial charge in [-0.05, 0) is 24.6 Å². The number of nitrogens with one attached hydrogen (secondary N) is 2. The van der Waals surface area contributed by atoms with Gasteiger partial charge in [0.1, 0.15) is 5.82 Å². The fraction of sp³-hybridized carbons (Fsp3) is 0.231. The molecule has 0 aliphatic heterocycles. The second kappa shape index (κ2) is 6.65. The number of carbonyl (C=O) groups excluding carboxylic acids is 2. The van der Waals surface area contributed by atoms with Gasteiger partial charge in [-0.15, -0.1) is 6.58 Å². The van der Waals surface area contributed by atoms with E-state index < -0.39 is 23.7 Å². The Kier molecular flexibility index (Phi) is 5.20. The first-order valence-electron chi connectivity index (χ1n) is 5.68. The lowest BCUT2D eigenvalue weighted by Crippen LogP contribution is -2.35.